The summed E-state index contributed by atoms with van der Waals surface area (Å²) in [5.74, 6) is 0. The zero-order valence-electron chi connectivity index (χ0n) is 16.2. The molecule has 6 nitrogen and oxygen atoms in total. The van der Waals surface area contributed by atoms with E-state index in [1.807, 2.05) is 45.9 Å². The minimum absolute atomic E-state index is 0.0219. The van der Waals surface area contributed by atoms with Crippen LogP contribution in [0.15, 0.2) is 30.3 Å². The highest BCUT2D eigenvalue weighted by Crippen LogP contribution is 2.50. The van der Waals surface area contributed by atoms with Crippen LogP contribution >= 0.6 is 0 Å². The van der Waals surface area contributed by atoms with Gasteiger partial charge in [0.2, 0.25) is 0 Å². The standard InChI is InChI=1S/C20H30N2O4/c1-17(2)12-20(13-18(3,4)21-17)19(5,25)22(16(24)26-20)11-15(23)14-9-7-6-8-10-14/h6-10,15,21,23,25H,11-13H2,1-5H3/t15-,19+/m1/s1. The van der Waals surface area contributed by atoms with Gasteiger partial charge in [-0.25, -0.2) is 4.79 Å². The number of benzene rings is 1. The molecule has 3 rings (SSSR count). The smallest absolute Gasteiger partial charge is 0.413 e. The molecule has 0 saturated carbocycles. The summed E-state index contributed by atoms with van der Waals surface area (Å²) in [6.45, 7) is 9.77. The predicted molar refractivity (Wildman–Crippen MR) is 98.5 cm³/mol. The van der Waals surface area contributed by atoms with E-state index in [9.17, 15) is 15.0 Å². The van der Waals surface area contributed by atoms with Crippen molar-refractivity contribution in [3.8, 4) is 0 Å². The average molecular weight is 362 g/mol. The van der Waals surface area contributed by atoms with E-state index in [0.29, 0.717) is 18.4 Å². The second kappa shape index (κ2) is 5.94. The minimum atomic E-state index is -1.52. The summed E-state index contributed by atoms with van der Waals surface area (Å²) in [7, 11) is 0. The summed E-state index contributed by atoms with van der Waals surface area (Å²) in [5, 5.41) is 25.5. The highest BCUT2D eigenvalue weighted by atomic mass is 16.6. The zero-order chi connectivity index (χ0) is 19.4. The Morgan fingerprint density at radius 3 is 2.19 bits per heavy atom. The molecule has 1 aromatic carbocycles. The van der Waals surface area contributed by atoms with Crippen LogP contribution < -0.4 is 5.32 Å². The summed E-state index contributed by atoms with van der Waals surface area (Å²) < 4.78 is 5.81. The number of amides is 1. The molecule has 1 aromatic rings. The van der Waals surface area contributed by atoms with Gasteiger partial charge in [-0.1, -0.05) is 30.3 Å². The van der Waals surface area contributed by atoms with E-state index < -0.39 is 23.5 Å². The molecule has 2 atom stereocenters. The number of aliphatic hydroxyl groups excluding tert-OH is 1. The molecular weight excluding hydrogens is 332 g/mol. The number of nitrogens with one attached hydrogen (secondary N) is 1. The van der Waals surface area contributed by atoms with Crippen molar-refractivity contribution in [3.05, 3.63) is 35.9 Å². The lowest BCUT2D eigenvalue weighted by Gasteiger charge is -2.54. The molecule has 3 N–H and O–H groups in total. The van der Waals surface area contributed by atoms with Crippen LogP contribution in [-0.4, -0.2) is 50.2 Å². The van der Waals surface area contributed by atoms with Gasteiger partial charge in [-0.3, -0.25) is 4.90 Å². The Kier molecular flexibility index (Phi) is 4.37. The summed E-state index contributed by atoms with van der Waals surface area (Å²) in [6.07, 6.45) is -0.508. The number of β-amino-alcohol motifs (C(OH)–C–C–N with tert-alkyl or cyclic N) is 1. The molecule has 0 aliphatic carbocycles. The first-order chi connectivity index (χ1) is 11.9. The Balaban J connectivity index is 1.89. The largest absolute Gasteiger partial charge is 0.437 e. The van der Waals surface area contributed by atoms with Crippen LogP contribution in [-0.2, 0) is 4.74 Å². The highest BCUT2D eigenvalue weighted by Gasteiger charge is 2.66. The number of carbonyl (C=O) groups is 1. The number of ether oxygens (including phenoxy) is 1. The number of rotatable bonds is 3. The maximum absolute atomic E-state index is 12.7. The summed E-state index contributed by atoms with van der Waals surface area (Å²) in [4.78, 5) is 13.9. The summed E-state index contributed by atoms with van der Waals surface area (Å²) in [6, 6.07) is 9.13. The van der Waals surface area contributed by atoms with Gasteiger partial charge < -0.3 is 20.3 Å². The van der Waals surface area contributed by atoms with E-state index in [2.05, 4.69) is 5.32 Å². The fourth-order valence-electron chi connectivity index (χ4n) is 4.85. The van der Waals surface area contributed by atoms with Crippen LogP contribution in [0, 0.1) is 0 Å². The second-order valence-electron chi connectivity index (χ2n) is 9.17. The average Bonchev–Trinajstić information content (AvgIpc) is 2.64. The topological polar surface area (TPSA) is 82.0 Å². The van der Waals surface area contributed by atoms with Gasteiger partial charge in [-0.05, 0) is 40.2 Å². The van der Waals surface area contributed by atoms with Gasteiger partial charge in [-0.15, -0.1) is 0 Å². The molecule has 6 heteroatoms. The van der Waals surface area contributed by atoms with Crippen molar-refractivity contribution in [2.75, 3.05) is 6.54 Å². The van der Waals surface area contributed by atoms with E-state index in [1.165, 1.54) is 4.90 Å². The number of nitrogens with zero attached hydrogens (tertiary/aromatic N) is 1. The SMILES string of the molecule is CC1(C)CC2(CC(C)(C)N1)OC(=O)N(C[C@@H](O)c1ccccc1)[C@@]2(C)O. The van der Waals surface area contributed by atoms with E-state index in [-0.39, 0.29) is 17.6 Å². The molecule has 2 heterocycles. The van der Waals surface area contributed by atoms with E-state index >= 15 is 0 Å². The monoisotopic (exact) mass is 362 g/mol. The fraction of sp³-hybridized carbons (Fsp3) is 0.650. The third kappa shape index (κ3) is 3.21. The van der Waals surface area contributed by atoms with Crippen LogP contribution in [0.25, 0.3) is 0 Å². The maximum Gasteiger partial charge on any atom is 0.413 e. The predicted octanol–water partition coefficient (Wildman–Crippen LogP) is 2.56. The number of aliphatic hydroxyl groups is 2. The van der Waals surface area contributed by atoms with E-state index in [1.54, 1.807) is 19.1 Å². The molecule has 2 aliphatic heterocycles. The van der Waals surface area contributed by atoms with Gasteiger partial charge in [-0.2, -0.15) is 0 Å². The first-order valence-electron chi connectivity index (χ1n) is 9.13. The molecular formula is C20H30N2O4. The summed E-state index contributed by atoms with van der Waals surface area (Å²) in [5.41, 5.74) is -2.46. The van der Waals surface area contributed by atoms with Crippen LogP contribution in [0.5, 0.6) is 0 Å². The molecule has 0 aromatic heterocycles. The van der Waals surface area contributed by atoms with Gasteiger partial charge in [0.15, 0.2) is 11.3 Å². The Morgan fingerprint density at radius 2 is 1.65 bits per heavy atom. The van der Waals surface area contributed by atoms with Crippen LogP contribution in [0.4, 0.5) is 4.79 Å². The lowest BCUT2D eigenvalue weighted by Crippen LogP contribution is -2.70. The lowest BCUT2D eigenvalue weighted by atomic mass is 9.68. The van der Waals surface area contributed by atoms with Gasteiger partial charge in [0.05, 0.1) is 12.6 Å². The lowest BCUT2D eigenvalue weighted by molar-refractivity contribution is -0.183. The Bertz CT molecular complexity index is 668. The third-order valence-corrected chi connectivity index (χ3v) is 5.56. The molecule has 2 saturated heterocycles. The normalized spacial score (nSPS) is 30.3. The van der Waals surface area contributed by atoms with E-state index in [4.69, 9.17) is 4.74 Å². The van der Waals surface area contributed by atoms with Crippen molar-refractivity contribution >= 4 is 6.09 Å². The molecule has 144 valence electrons. The number of piperidine rings is 1. The number of carbonyl (C=O) groups excluding carboxylic acids is 1. The molecule has 1 spiro atoms. The highest BCUT2D eigenvalue weighted by molar-refractivity contribution is 5.72. The molecule has 26 heavy (non-hydrogen) atoms. The molecule has 0 unspecified atom stereocenters. The van der Waals surface area contributed by atoms with Crippen LogP contribution in [0.1, 0.15) is 59.1 Å². The van der Waals surface area contributed by atoms with Crippen molar-refractivity contribution in [2.24, 2.45) is 0 Å². The quantitative estimate of drug-likeness (QED) is 0.770. The first-order valence-corrected chi connectivity index (χ1v) is 9.13. The Labute approximate surface area is 155 Å². The Morgan fingerprint density at radius 1 is 1.12 bits per heavy atom. The molecule has 2 aliphatic rings. The Hall–Kier alpha value is -1.63. The first kappa shape index (κ1) is 19.1. The van der Waals surface area contributed by atoms with Crippen molar-refractivity contribution in [3.63, 3.8) is 0 Å². The van der Waals surface area contributed by atoms with Crippen molar-refractivity contribution < 1.29 is 19.7 Å². The zero-order valence-corrected chi connectivity index (χ0v) is 16.2. The molecule has 2 fully saturated rings. The molecule has 0 radical (unpaired) electrons. The van der Waals surface area contributed by atoms with Gasteiger partial charge >= 0.3 is 6.09 Å². The number of hydrogen-bond donors (Lipinski definition) is 3. The van der Waals surface area contributed by atoms with Gasteiger partial charge in [0, 0.05) is 23.9 Å². The van der Waals surface area contributed by atoms with Gasteiger partial charge in [0.1, 0.15) is 0 Å². The fourth-order valence-corrected chi connectivity index (χ4v) is 4.85. The molecule has 0 bridgehead atoms. The van der Waals surface area contributed by atoms with Crippen LogP contribution in [0.3, 0.4) is 0 Å². The second-order valence-corrected chi connectivity index (χ2v) is 9.17. The minimum Gasteiger partial charge on any atom is -0.437 e. The maximum atomic E-state index is 12.7. The van der Waals surface area contributed by atoms with Crippen LogP contribution in [0.2, 0.25) is 0 Å². The molecule has 1 amide bonds. The number of hydrogen-bond acceptors (Lipinski definition) is 5. The van der Waals surface area contributed by atoms with Gasteiger partial charge in [0.25, 0.3) is 0 Å². The summed E-state index contributed by atoms with van der Waals surface area (Å²) >= 11 is 0. The van der Waals surface area contributed by atoms with Crippen molar-refractivity contribution in [2.45, 2.75) is 76.0 Å². The third-order valence-electron chi connectivity index (χ3n) is 5.56. The van der Waals surface area contributed by atoms with E-state index in [0.717, 1.165) is 0 Å². The van der Waals surface area contributed by atoms with Crippen molar-refractivity contribution in [1.29, 1.82) is 0 Å². The van der Waals surface area contributed by atoms with Crippen molar-refractivity contribution in [1.82, 2.24) is 10.2 Å².